The number of carbonyl (C=O) groups excluding carboxylic acids is 2. The van der Waals surface area contributed by atoms with Crippen LogP contribution in [0, 0.1) is 0 Å². The lowest BCUT2D eigenvalue weighted by Crippen LogP contribution is -2.23. The van der Waals surface area contributed by atoms with E-state index in [1.165, 1.54) is 18.6 Å². The van der Waals surface area contributed by atoms with Crippen LogP contribution >= 0.6 is 11.8 Å². The van der Waals surface area contributed by atoms with Gasteiger partial charge in [0, 0.05) is 10.8 Å². The van der Waals surface area contributed by atoms with E-state index in [-0.39, 0.29) is 34.7 Å². The predicted molar refractivity (Wildman–Crippen MR) is 86.9 cm³/mol. The molecule has 1 saturated carbocycles. The molecule has 1 aromatic carbocycles. The molecule has 0 radical (unpaired) electrons. The van der Waals surface area contributed by atoms with Crippen molar-refractivity contribution in [3.8, 4) is 5.75 Å². The van der Waals surface area contributed by atoms with Gasteiger partial charge in [0.15, 0.2) is 11.6 Å². The average Bonchev–Trinajstić information content (AvgIpc) is 2.83. The second-order valence-corrected chi connectivity index (χ2v) is 7.12. The Morgan fingerprint density at radius 3 is 2.77 bits per heavy atom. The van der Waals surface area contributed by atoms with Gasteiger partial charge in [-0.05, 0) is 37.0 Å². The number of nitrogens with two attached hydrogens (primary N) is 1. The summed E-state index contributed by atoms with van der Waals surface area (Å²) in [6.07, 6.45) is 4.02. The Labute approximate surface area is 133 Å². The zero-order chi connectivity index (χ0) is 15.7. The Morgan fingerprint density at radius 1 is 1.23 bits per heavy atom. The summed E-state index contributed by atoms with van der Waals surface area (Å²) in [5, 5.41) is 9.76. The average molecular weight is 317 g/mol. The first-order chi connectivity index (χ1) is 10.6. The summed E-state index contributed by atoms with van der Waals surface area (Å²) in [6.45, 7) is 0. The molecule has 2 unspecified atom stereocenters. The van der Waals surface area contributed by atoms with Gasteiger partial charge in [-0.25, -0.2) is 0 Å². The van der Waals surface area contributed by atoms with Crippen molar-refractivity contribution in [3.63, 3.8) is 0 Å². The number of ketones is 2. The van der Waals surface area contributed by atoms with Gasteiger partial charge in [0.1, 0.15) is 5.75 Å². The first kappa shape index (κ1) is 15.3. The minimum atomic E-state index is -0.354. The molecule has 1 heterocycles. The van der Waals surface area contributed by atoms with Crippen molar-refractivity contribution < 1.29 is 14.7 Å². The van der Waals surface area contributed by atoms with E-state index in [1.807, 2.05) is 0 Å². The molecule has 1 fully saturated rings. The third-order valence-corrected chi connectivity index (χ3v) is 5.70. The van der Waals surface area contributed by atoms with Crippen LogP contribution in [-0.4, -0.2) is 27.3 Å². The van der Waals surface area contributed by atoms with Crippen LogP contribution in [0.25, 0.3) is 0 Å². The van der Waals surface area contributed by atoms with Gasteiger partial charge in [-0.15, -0.1) is 11.8 Å². The first-order valence-corrected chi connectivity index (χ1v) is 8.50. The SMILES string of the molecule is NC1SC2CCCCC2=C1C(=O)CC(=O)c1ccccc1O. The third-order valence-electron chi connectivity index (χ3n) is 4.32. The Morgan fingerprint density at radius 2 is 2.00 bits per heavy atom. The number of rotatable bonds is 4. The molecule has 22 heavy (non-hydrogen) atoms. The highest BCUT2D eigenvalue weighted by molar-refractivity contribution is 8.01. The Balaban J connectivity index is 1.80. The molecule has 1 aromatic rings. The van der Waals surface area contributed by atoms with E-state index < -0.39 is 0 Å². The van der Waals surface area contributed by atoms with E-state index in [0.717, 1.165) is 24.8 Å². The molecular formula is C17H19NO3S. The Bertz CT molecular complexity index is 653. The fraction of sp³-hybridized carbons (Fsp3) is 0.412. The molecule has 3 rings (SSSR count). The summed E-state index contributed by atoms with van der Waals surface area (Å²) in [4.78, 5) is 24.8. The molecule has 2 atom stereocenters. The molecule has 3 N–H and O–H groups in total. The van der Waals surface area contributed by atoms with E-state index in [0.29, 0.717) is 10.8 Å². The van der Waals surface area contributed by atoms with Gasteiger partial charge in [0.25, 0.3) is 0 Å². The van der Waals surface area contributed by atoms with Crippen molar-refractivity contribution in [2.24, 2.45) is 5.73 Å². The normalized spacial score (nSPS) is 24.2. The van der Waals surface area contributed by atoms with Crippen LogP contribution in [-0.2, 0) is 4.79 Å². The predicted octanol–water partition coefficient (Wildman–Crippen LogP) is 2.80. The summed E-state index contributed by atoms with van der Waals surface area (Å²) < 4.78 is 0. The van der Waals surface area contributed by atoms with Gasteiger partial charge in [0.05, 0.1) is 17.4 Å². The van der Waals surface area contributed by atoms with Gasteiger partial charge in [-0.2, -0.15) is 0 Å². The number of hydrogen-bond donors (Lipinski definition) is 2. The number of phenolic OH excluding ortho intramolecular Hbond substituents is 1. The number of phenols is 1. The van der Waals surface area contributed by atoms with Crippen LogP contribution in [0.15, 0.2) is 35.4 Å². The second-order valence-electron chi connectivity index (χ2n) is 5.77. The molecule has 0 spiro atoms. The molecule has 5 heteroatoms. The third kappa shape index (κ3) is 2.83. The van der Waals surface area contributed by atoms with Crippen LogP contribution in [0.5, 0.6) is 5.75 Å². The molecule has 0 amide bonds. The number of hydrogen-bond acceptors (Lipinski definition) is 5. The number of carbonyl (C=O) groups is 2. The van der Waals surface area contributed by atoms with Gasteiger partial charge in [-0.1, -0.05) is 18.6 Å². The molecule has 1 aliphatic heterocycles. The number of para-hydroxylation sites is 1. The largest absolute Gasteiger partial charge is 0.507 e. The maximum atomic E-state index is 12.6. The lowest BCUT2D eigenvalue weighted by atomic mass is 9.88. The number of fused-ring (bicyclic) bond motifs is 1. The number of thioether (sulfide) groups is 1. The van der Waals surface area contributed by atoms with Crippen molar-refractivity contribution in [2.45, 2.75) is 42.7 Å². The highest BCUT2D eigenvalue weighted by Crippen LogP contribution is 2.44. The standard InChI is InChI=1S/C17H19NO3S/c18-17-16(11-6-2-4-8-15(11)22-17)14(21)9-13(20)10-5-1-3-7-12(10)19/h1,3,5,7,15,17,19H,2,4,6,8-9,18H2. The fourth-order valence-corrected chi connectivity index (χ4v) is 4.73. The van der Waals surface area contributed by atoms with E-state index in [1.54, 1.807) is 23.9 Å². The first-order valence-electron chi connectivity index (χ1n) is 7.56. The number of Topliss-reactive ketones (excluding diaryl/α,β-unsaturated/α-hetero) is 2. The molecule has 116 valence electrons. The minimum Gasteiger partial charge on any atom is -0.507 e. The van der Waals surface area contributed by atoms with Crippen molar-refractivity contribution in [2.75, 3.05) is 0 Å². The van der Waals surface area contributed by atoms with Gasteiger partial charge >= 0.3 is 0 Å². The minimum absolute atomic E-state index is 0.0846. The highest BCUT2D eigenvalue weighted by Gasteiger charge is 2.37. The van der Waals surface area contributed by atoms with Crippen LogP contribution in [0.1, 0.15) is 42.5 Å². The maximum Gasteiger partial charge on any atom is 0.174 e. The quantitative estimate of drug-likeness (QED) is 0.659. The van der Waals surface area contributed by atoms with E-state index in [9.17, 15) is 14.7 Å². The monoisotopic (exact) mass is 317 g/mol. The van der Waals surface area contributed by atoms with Crippen molar-refractivity contribution in [1.82, 2.24) is 0 Å². The Kier molecular flexibility index (Phi) is 4.36. The van der Waals surface area contributed by atoms with E-state index in [2.05, 4.69) is 0 Å². The van der Waals surface area contributed by atoms with Crippen LogP contribution < -0.4 is 5.73 Å². The number of aromatic hydroxyl groups is 1. The molecule has 0 saturated heterocycles. The molecule has 0 aromatic heterocycles. The number of benzene rings is 1. The molecule has 4 nitrogen and oxygen atoms in total. The highest BCUT2D eigenvalue weighted by atomic mass is 32.2. The summed E-state index contributed by atoms with van der Waals surface area (Å²) in [7, 11) is 0. The van der Waals surface area contributed by atoms with Crippen molar-refractivity contribution in [3.05, 3.63) is 41.0 Å². The smallest absolute Gasteiger partial charge is 0.174 e. The van der Waals surface area contributed by atoms with E-state index >= 15 is 0 Å². The molecular weight excluding hydrogens is 298 g/mol. The molecule has 2 aliphatic rings. The Hall–Kier alpha value is -1.59. The van der Waals surface area contributed by atoms with Gasteiger partial charge in [-0.3, -0.25) is 9.59 Å². The summed E-state index contributed by atoms with van der Waals surface area (Å²) in [5.41, 5.74) is 8.11. The summed E-state index contributed by atoms with van der Waals surface area (Å²) in [5.74, 6) is -0.626. The van der Waals surface area contributed by atoms with Gasteiger partial charge in [0.2, 0.25) is 0 Å². The zero-order valence-corrected chi connectivity index (χ0v) is 13.1. The second kappa shape index (κ2) is 6.26. The van der Waals surface area contributed by atoms with Crippen molar-refractivity contribution in [1.29, 1.82) is 0 Å². The van der Waals surface area contributed by atoms with Crippen LogP contribution in [0.4, 0.5) is 0 Å². The summed E-state index contributed by atoms with van der Waals surface area (Å²) >= 11 is 1.63. The zero-order valence-electron chi connectivity index (χ0n) is 12.2. The van der Waals surface area contributed by atoms with E-state index in [4.69, 9.17) is 5.73 Å². The fourth-order valence-electron chi connectivity index (χ4n) is 3.25. The lowest BCUT2D eigenvalue weighted by Gasteiger charge is -2.19. The molecule has 0 bridgehead atoms. The van der Waals surface area contributed by atoms with Crippen LogP contribution in [0.2, 0.25) is 0 Å². The topological polar surface area (TPSA) is 80.4 Å². The van der Waals surface area contributed by atoms with Crippen LogP contribution in [0.3, 0.4) is 0 Å². The van der Waals surface area contributed by atoms with Gasteiger partial charge < -0.3 is 10.8 Å². The maximum absolute atomic E-state index is 12.6. The lowest BCUT2D eigenvalue weighted by molar-refractivity contribution is -0.114. The molecule has 1 aliphatic carbocycles. The summed E-state index contributed by atoms with van der Waals surface area (Å²) in [6, 6.07) is 6.31. The van der Waals surface area contributed by atoms with Crippen molar-refractivity contribution >= 4 is 23.3 Å².